The van der Waals surface area contributed by atoms with E-state index in [0.29, 0.717) is 6.04 Å². The van der Waals surface area contributed by atoms with Gasteiger partial charge in [-0.1, -0.05) is 33.6 Å². The van der Waals surface area contributed by atoms with Gasteiger partial charge in [0.2, 0.25) is 0 Å². The first-order valence-corrected chi connectivity index (χ1v) is 7.85. The van der Waals surface area contributed by atoms with Crippen molar-refractivity contribution in [2.75, 3.05) is 13.7 Å². The summed E-state index contributed by atoms with van der Waals surface area (Å²) in [4.78, 5) is 0. The van der Waals surface area contributed by atoms with Crippen LogP contribution >= 0.6 is 0 Å². The summed E-state index contributed by atoms with van der Waals surface area (Å²) in [7, 11) is 1.87. The number of rotatable bonds is 7. The molecule has 2 atom stereocenters. The fourth-order valence-corrected chi connectivity index (χ4v) is 3.29. The van der Waals surface area contributed by atoms with Gasteiger partial charge in [-0.3, -0.25) is 0 Å². The molecule has 0 aromatic rings. The molecule has 1 fully saturated rings. The van der Waals surface area contributed by atoms with Gasteiger partial charge in [-0.15, -0.1) is 0 Å². The molecule has 0 amide bonds. The van der Waals surface area contributed by atoms with Crippen molar-refractivity contribution in [2.45, 2.75) is 77.9 Å². The average molecular weight is 255 g/mol. The molecule has 2 heteroatoms. The normalized spacial score (nSPS) is 29.8. The summed E-state index contributed by atoms with van der Waals surface area (Å²) in [6.07, 6.45) is 7.78. The minimum absolute atomic E-state index is 0.0135. The third kappa shape index (κ3) is 3.96. The molecule has 108 valence electrons. The van der Waals surface area contributed by atoms with Crippen LogP contribution in [0.15, 0.2) is 0 Å². The van der Waals surface area contributed by atoms with Crippen molar-refractivity contribution in [2.24, 2.45) is 11.8 Å². The molecule has 0 aromatic carbocycles. The Morgan fingerprint density at radius 2 is 1.83 bits per heavy atom. The largest absolute Gasteiger partial charge is 0.377 e. The van der Waals surface area contributed by atoms with Crippen molar-refractivity contribution in [1.82, 2.24) is 5.32 Å². The molecule has 0 radical (unpaired) electrons. The van der Waals surface area contributed by atoms with E-state index in [0.717, 1.165) is 24.8 Å². The molecule has 2 unspecified atom stereocenters. The Morgan fingerprint density at radius 3 is 2.28 bits per heavy atom. The third-order valence-electron chi connectivity index (χ3n) is 4.97. The van der Waals surface area contributed by atoms with Crippen LogP contribution in [0.5, 0.6) is 0 Å². The van der Waals surface area contributed by atoms with Crippen molar-refractivity contribution in [3.63, 3.8) is 0 Å². The monoisotopic (exact) mass is 255 g/mol. The van der Waals surface area contributed by atoms with Crippen LogP contribution in [-0.4, -0.2) is 25.3 Å². The van der Waals surface area contributed by atoms with Gasteiger partial charge < -0.3 is 10.1 Å². The molecule has 0 spiro atoms. The topological polar surface area (TPSA) is 21.3 Å². The van der Waals surface area contributed by atoms with E-state index in [1.807, 2.05) is 7.11 Å². The van der Waals surface area contributed by atoms with E-state index in [1.165, 1.54) is 32.1 Å². The van der Waals surface area contributed by atoms with E-state index in [4.69, 9.17) is 4.74 Å². The standard InChI is InChI=1S/C16H33NO/c1-6-12-17-15(16(4,7-2)18-5)14-10-8-13(3)9-11-14/h13-15,17H,6-12H2,1-5H3. The summed E-state index contributed by atoms with van der Waals surface area (Å²) < 4.78 is 5.86. The van der Waals surface area contributed by atoms with E-state index in [1.54, 1.807) is 0 Å². The van der Waals surface area contributed by atoms with Crippen molar-refractivity contribution in [3.05, 3.63) is 0 Å². The Hall–Kier alpha value is -0.0800. The van der Waals surface area contributed by atoms with E-state index in [2.05, 4.69) is 33.0 Å². The van der Waals surface area contributed by atoms with Crippen LogP contribution in [0.2, 0.25) is 0 Å². The summed E-state index contributed by atoms with van der Waals surface area (Å²) in [6, 6.07) is 0.514. The lowest BCUT2D eigenvalue weighted by Crippen LogP contribution is -2.54. The van der Waals surface area contributed by atoms with Gasteiger partial charge in [0.25, 0.3) is 0 Å². The van der Waals surface area contributed by atoms with Crippen molar-refractivity contribution in [1.29, 1.82) is 0 Å². The van der Waals surface area contributed by atoms with Crippen molar-refractivity contribution < 1.29 is 4.74 Å². The zero-order chi connectivity index (χ0) is 13.6. The van der Waals surface area contributed by atoms with Gasteiger partial charge in [-0.05, 0) is 51.0 Å². The van der Waals surface area contributed by atoms with E-state index in [9.17, 15) is 0 Å². The molecule has 1 aliphatic carbocycles. The zero-order valence-electron chi connectivity index (χ0n) is 13.1. The van der Waals surface area contributed by atoms with Crippen LogP contribution in [0, 0.1) is 11.8 Å². The van der Waals surface area contributed by atoms with Gasteiger partial charge in [0.1, 0.15) is 0 Å². The van der Waals surface area contributed by atoms with Crippen LogP contribution in [0.25, 0.3) is 0 Å². The smallest absolute Gasteiger partial charge is 0.0803 e. The first kappa shape index (κ1) is 16.0. The van der Waals surface area contributed by atoms with E-state index < -0.39 is 0 Å². The highest BCUT2D eigenvalue weighted by molar-refractivity contribution is 4.94. The minimum atomic E-state index is -0.0135. The van der Waals surface area contributed by atoms with Crippen LogP contribution in [0.3, 0.4) is 0 Å². The second-order valence-corrected chi connectivity index (χ2v) is 6.32. The van der Waals surface area contributed by atoms with E-state index >= 15 is 0 Å². The molecule has 0 bridgehead atoms. The molecule has 0 aliphatic heterocycles. The van der Waals surface area contributed by atoms with Gasteiger partial charge in [0.15, 0.2) is 0 Å². The highest BCUT2D eigenvalue weighted by Crippen LogP contribution is 2.36. The lowest BCUT2D eigenvalue weighted by atomic mass is 9.73. The molecular formula is C16H33NO. The van der Waals surface area contributed by atoms with Gasteiger partial charge in [0, 0.05) is 13.2 Å². The van der Waals surface area contributed by atoms with Crippen molar-refractivity contribution in [3.8, 4) is 0 Å². The maximum Gasteiger partial charge on any atom is 0.0803 e. The Labute approximate surface area is 114 Å². The molecule has 0 saturated heterocycles. The number of hydrogen-bond acceptors (Lipinski definition) is 2. The van der Waals surface area contributed by atoms with Gasteiger partial charge in [-0.25, -0.2) is 0 Å². The fraction of sp³-hybridized carbons (Fsp3) is 1.00. The number of methoxy groups -OCH3 is 1. The Bertz CT molecular complexity index is 217. The number of ether oxygens (including phenoxy) is 1. The van der Waals surface area contributed by atoms with E-state index in [-0.39, 0.29) is 5.60 Å². The van der Waals surface area contributed by atoms with Crippen LogP contribution < -0.4 is 5.32 Å². The predicted molar refractivity (Wildman–Crippen MR) is 78.9 cm³/mol. The summed E-state index contributed by atoms with van der Waals surface area (Å²) in [6.45, 7) is 10.3. The molecule has 18 heavy (non-hydrogen) atoms. The highest BCUT2D eigenvalue weighted by Gasteiger charge is 2.38. The molecular weight excluding hydrogens is 222 g/mol. The SMILES string of the molecule is CCCNC(C1CCC(C)CC1)C(C)(CC)OC. The first-order chi connectivity index (χ1) is 8.57. The van der Waals surface area contributed by atoms with Gasteiger partial charge in [-0.2, -0.15) is 0 Å². The summed E-state index contributed by atoms with van der Waals surface area (Å²) in [5, 5.41) is 3.77. The van der Waals surface area contributed by atoms with Crippen LogP contribution in [0.4, 0.5) is 0 Å². The van der Waals surface area contributed by atoms with Gasteiger partial charge in [0.05, 0.1) is 5.60 Å². The molecule has 1 aliphatic rings. The molecule has 1 N–H and O–H groups in total. The predicted octanol–water partition coefficient (Wildman–Crippen LogP) is 4.00. The minimum Gasteiger partial charge on any atom is -0.377 e. The Morgan fingerprint density at radius 1 is 1.22 bits per heavy atom. The first-order valence-electron chi connectivity index (χ1n) is 7.85. The maximum atomic E-state index is 5.86. The Kier molecular flexibility index (Phi) is 6.65. The van der Waals surface area contributed by atoms with Gasteiger partial charge >= 0.3 is 0 Å². The lowest BCUT2D eigenvalue weighted by molar-refractivity contribution is -0.0514. The van der Waals surface area contributed by atoms with Crippen LogP contribution in [-0.2, 0) is 4.74 Å². The maximum absolute atomic E-state index is 5.86. The lowest BCUT2D eigenvalue weighted by Gasteiger charge is -2.43. The second-order valence-electron chi connectivity index (χ2n) is 6.32. The molecule has 1 rings (SSSR count). The molecule has 0 aromatic heterocycles. The number of nitrogens with one attached hydrogen (secondary N) is 1. The summed E-state index contributed by atoms with van der Waals surface area (Å²) in [5.41, 5.74) is -0.0135. The molecule has 2 nitrogen and oxygen atoms in total. The Balaban J connectivity index is 2.70. The molecule has 0 heterocycles. The number of hydrogen-bond donors (Lipinski definition) is 1. The second kappa shape index (κ2) is 7.49. The third-order valence-corrected chi connectivity index (χ3v) is 4.97. The summed E-state index contributed by atoms with van der Waals surface area (Å²) >= 11 is 0. The summed E-state index contributed by atoms with van der Waals surface area (Å²) in [5.74, 6) is 1.71. The van der Waals surface area contributed by atoms with Crippen LogP contribution in [0.1, 0.15) is 66.2 Å². The zero-order valence-corrected chi connectivity index (χ0v) is 13.1. The van der Waals surface area contributed by atoms with Crippen molar-refractivity contribution >= 4 is 0 Å². The fourth-order valence-electron chi connectivity index (χ4n) is 3.29. The quantitative estimate of drug-likeness (QED) is 0.742. The highest BCUT2D eigenvalue weighted by atomic mass is 16.5. The molecule has 1 saturated carbocycles. The average Bonchev–Trinajstić information content (AvgIpc) is 2.40.